The highest BCUT2D eigenvalue weighted by atomic mass is 16.3. The maximum atomic E-state index is 9.05. The molecule has 0 aromatic heterocycles. The van der Waals surface area contributed by atoms with Crippen LogP contribution in [-0.4, -0.2) is 5.11 Å². The molecule has 0 saturated carbocycles. The lowest BCUT2D eigenvalue weighted by atomic mass is 10.0. The number of fused-ring (bicyclic) bond motifs is 1. The van der Waals surface area contributed by atoms with Gasteiger partial charge in [-0.2, -0.15) is 5.26 Å². The first-order valence-electron chi connectivity index (χ1n) is 4.83. The van der Waals surface area contributed by atoms with Crippen LogP contribution in [0.5, 0.6) is 0 Å². The lowest BCUT2D eigenvalue weighted by molar-refractivity contribution is 0.282. The molecule has 0 heterocycles. The standard InChI is InChI=1S/C13H11NO/c14-7-6-12-3-1-2-11-5-4-10(9-15)8-13(11)12/h1-5,8,15H,6,9H2. The molecule has 0 radical (unpaired) electrons. The molecule has 0 fully saturated rings. The SMILES string of the molecule is N#CCc1cccc2ccc(CO)cc12. The van der Waals surface area contributed by atoms with Crippen molar-refractivity contribution in [2.75, 3.05) is 0 Å². The highest BCUT2D eigenvalue weighted by molar-refractivity contribution is 5.86. The molecule has 0 unspecified atom stereocenters. The molecule has 0 aliphatic heterocycles. The molecule has 0 atom stereocenters. The van der Waals surface area contributed by atoms with E-state index < -0.39 is 0 Å². The molecule has 15 heavy (non-hydrogen) atoms. The van der Waals surface area contributed by atoms with Gasteiger partial charge in [-0.1, -0.05) is 30.3 Å². The van der Waals surface area contributed by atoms with Gasteiger partial charge in [0.05, 0.1) is 19.1 Å². The summed E-state index contributed by atoms with van der Waals surface area (Å²) in [6.45, 7) is 0.0385. The third kappa shape index (κ3) is 1.83. The summed E-state index contributed by atoms with van der Waals surface area (Å²) in [5.74, 6) is 0. The van der Waals surface area contributed by atoms with Crippen LogP contribution in [0.25, 0.3) is 10.8 Å². The summed E-state index contributed by atoms with van der Waals surface area (Å²) in [6, 6.07) is 13.9. The van der Waals surface area contributed by atoms with Gasteiger partial charge in [0.25, 0.3) is 0 Å². The van der Waals surface area contributed by atoms with E-state index >= 15 is 0 Å². The summed E-state index contributed by atoms with van der Waals surface area (Å²) in [7, 11) is 0. The molecule has 0 amide bonds. The first-order chi connectivity index (χ1) is 7.35. The number of rotatable bonds is 2. The van der Waals surface area contributed by atoms with Crippen LogP contribution in [0, 0.1) is 11.3 Å². The Kier molecular flexibility index (Phi) is 2.66. The smallest absolute Gasteiger partial charge is 0.0682 e. The summed E-state index contributed by atoms with van der Waals surface area (Å²) in [6.07, 6.45) is 0.409. The van der Waals surface area contributed by atoms with Gasteiger partial charge in [-0.05, 0) is 28.0 Å². The van der Waals surface area contributed by atoms with E-state index in [1.807, 2.05) is 36.4 Å². The van der Waals surface area contributed by atoms with Crippen molar-refractivity contribution in [2.45, 2.75) is 13.0 Å². The van der Waals surface area contributed by atoms with Crippen LogP contribution in [0.15, 0.2) is 36.4 Å². The Morgan fingerprint density at radius 3 is 2.80 bits per heavy atom. The lowest BCUT2D eigenvalue weighted by Crippen LogP contribution is -1.87. The molecule has 0 aliphatic rings. The van der Waals surface area contributed by atoms with Crippen LogP contribution in [0.2, 0.25) is 0 Å². The van der Waals surface area contributed by atoms with Gasteiger partial charge in [0.15, 0.2) is 0 Å². The minimum absolute atomic E-state index is 0.0385. The Morgan fingerprint density at radius 2 is 2.07 bits per heavy atom. The van der Waals surface area contributed by atoms with Crippen molar-refractivity contribution >= 4 is 10.8 Å². The van der Waals surface area contributed by atoms with Gasteiger partial charge in [-0.15, -0.1) is 0 Å². The van der Waals surface area contributed by atoms with E-state index in [-0.39, 0.29) is 6.61 Å². The molecule has 0 spiro atoms. The fraction of sp³-hybridized carbons (Fsp3) is 0.154. The lowest BCUT2D eigenvalue weighted by Gasteiger charge is -2.04. The second-order valence-corrected chi connectivity index (χ2v) is 3.47. The molecule has 2 aromatic rings. The van der Waals surface area contributed by atoms with E-state index in [0.29, 0.717) is 6.42 Å². The summed E-state index contributed by atoms with van der Waals surface area (Å²) < 4.78 is 0. The highest BCUT2D eigenvalue weighted by Crippen LogP contribution is 2.20. The number of aliphatic hydroxyl groups is 1. The highest BCUT2D eigenvalue weighted by Gasteiger charge is 2.01. The quantitative estimate of drug-likeness (QED) is 0.803. The maximum absolute atomic E-state index is 9.05. The van der Waals surface area contributed by atoms with E-state index in [2.05, 4.69) is 6.07 Å². The topological polar surface area (TPSA) is 44.0 Å². The van der Waals surface area contributed by atoms with Gasteiger partial charge in [0.2, 0.25) is 0 Å². The number of hydrogen-bond donors (Lipinski definition) is 1. The summed E-state index contributed by atoms with van der Waals surface area (Å²) in [5.41, 5.74) is 1.90. The number of aliphatic hydroxyl groups excluding tert-OH is 1. The molecule has 0 aliphatic carbocycles. The predicted octanol–water partition coefficient (Wildman–Crippen LogP) is 2.40. The minimum Gasteiger partial charge on any atom is -0.392 e. The van der Waals surface area contributed by atoms with Gasteiger partial charge in [0.1, 0.15) is 0 Å². The summed E-state index contributed by atoms with van der Waals surface area (Å²) >= 11 is 0. The molecule has 74 valence electrons. The van der Waals surface area contributed by atoms with Crippen molar-refractivity contribution in [1.82, 2.24) is 0 Å². The maximum Gasteiger partial charge on any atom is 0.0682 e. The van der Waals surface area contributed by atoms with Gasteiger partial charge >= 0.3 is 0 Å². The van der Waals surface area contributed by atoms with Gasteiger partial charge < -0.3 is 5.11 Å². The van der Waals surface area contributed by atoms with Crippen molar-refractivity contribution in [3.63, 3.8) is 0 Å². The zero-order valence-electron chi connectivity index (χ0n) is 8.27. The Balaban J connectivity index is 2.66. The Morgan fingerprint density at radius 1 is 1.20 bits per heavy atom. The van der Waals surface area contributed by atoms with Crippen LogP contribution in [0.1, 0.15) is 11.1 Å². The average molecular weight is 197 g/mol. The zero-order chi connectivity index (χ0) is 10.7. The fourth-order valence-corrected chi connectivity index (χ4v) is 1.72. The van der Waals surface area contributed by atoms with Gasteiger partial charge in [0, 0.05) is 0 Å². The largest absolute Gasteiger partial charge is 0.392 e. The molecule has 2 rings (SSSR count). The molecule has 2 nitrogen and oxygen atoms in total. The van der Waals surface area contributed by atoms with Crippen molar-refractivity contribution in [3.8, 4) is 6.07 Å². The first-order valence-corrected chi connectivity index (χ1v) is 4.83. The van der Waals surface area contributed by atoms with Crippen molar-refractivity contribution in [3.05, 3.63) is 47.5 Å². The van der Waals surface area contributed by atoms with Crippen molar-refractivity contribution < 1.29 is 5.11 Å². The zero-order valence-corrected chi connectivity index (χ0v) is 8.27. The molecular weight excluding hydrogens is 186 g/mol. The second kappa shape index (κ2) is 4.12. The van der Waals surface area contributed by atoms with E-state index in [0.717, 1.165) is 21.9 Å². The average Bonchev–Trinajstić information content (AvgIpc) is 2.29. The summed E-state index contributed by atoms with van der Waals surface area (Å²) in [4.78, 5) is 0. The third-order valence-electron chi connectivity index (χ3n) is 2.49. The predicted molar refractivity (Wildman–Crippen MR) is 59.2 cm³/mol. The molecule has 2 aromatic carbocycles. The fourth-order valence-electron chi connectivity index (χ4n) is 1.72. The molecule has 1 N–H and O–H groups in total. The van der Waals surface area contributed by atoms with Crippen LogP contribution in [0.3, 0.4) is 0 Å². The normalized spacial score (nSPS) is 10.1. The minimum atomic E-state index is 0.0385. The number of benzene rings is 2. The summed E-state index contributed by atoms with van der Waals surface area (Å²) in [5, 5.41) is 19.9. The Hall–Kier alpha value is -1.85. The molecule has 0 saturated heterocycles. The van der Waals surface area contributed by atoms with E-state index in [1.165, 1.54) is 0 Å². The van der Waals surface area contributed by atoms with Crippen molar-refractivity contribution in [2.24, 2.45) is 0 Å². The first kappa shape index (κ1) is 9.70. The van der Waals surface area contributed by atoms with E-state index in [4.69, 9.17) is 10.4 Å². The number of nitriles is 1. The Bertz CT molecular complexity index is 526. The monoisotopic (exact) mass is 197 g/mol. The Labute approximate surface area is 88.4 Å². The van der Waals surface area contributed by atoms with Gasteiger partial charge in [-0.25, -0.2) is 0 Å². The van der Waals surface area contributed by atoms with Gasteiger partial charge in [-0.3, -0.25) is 0 Å². The second-order valence-electron chi connectivity index (χ2n) is 3.47. The van der Waals surface area contributed by atoms with Crippen LogP contribution >= 0.6 is 0 Å². The number of hydrogen-bond acceptors (Lipinski definition) is 2. The van der Waals surface area contributed by atoms with E-state index in [1.54, 1.807) is 0 Å². The van der Waals surface area contributed by atoms with E-state index in [9.17, 15) is 0 Å². The van der Waals surface area contributed by atoms with Crippen LogP contribution < -0.4 is 0 Å². The van der Waals surface area contributed by atoms with Crippen LogP contribution in [0.4, 0.5) is 0 Å². The third-order valence-corrected chi connectivity index (χ3v) is 2.49. The number of nitrogens with zero attached hydrogens (tertiary/aromatic N) is 1. The van der Waals surface area contributed by atoms with Crippen molar-refractivity contribution in [1.29, 1.82) is 5.26 Å². The molecule has 0 bridgehead atoms. The van der Waals surface area contributed by atoms with Crippen LogP contribution in [-0.2, 0) is 13.0 Å². The molecule has 2 heteroatoms. The molecular formula is C13H11NO.